The molecule has 3 rings (SSSR count). The Labute approximate surface area is 102 Å². The van der Waals surface area contributed by atoms with Crippen LogP contribution in [0.2, 0.25) is 0 Å². The fourth-order valence-electron chi connectivity index (χ4n) is 3.07. The average molecular weight is 238 g/mol. The highest BCUT2D eigenvalue weighted by molar-refractivity contribution is 5.77. The van der Waals surface area contributed by atoms with Crippen LogP contribution >= 0.6 is 0 Å². The minimum absolute atomic E-state index is 0.0421. The summed E-state index contributed by atoms with van der Waals surface area (Å²) in [5.74, 6) is 0.951. The summed E-state index contributed by atoms with van der Waals surface area (Å²) in [4.78, 5) is 13.9. The van der Waals surface area contributed by atoms with Crippen LogP contribution in [0.15, 0.2) is 0 Å². The molecule has 1 saturated carbocycles. The molecule has 0 aromatic carbocycles. The molecule has 4 heteroatoms. The number of carbonyl (C=O) groups is 1. The number of carbonyl (C=O) groups excluding carboxylic acids is 1. The summed E-state index contributed by atoms with van der Waals surface area (Å²) in [6, 6.07) is 0. The molecule has 0 bridgehead atoms. The lowest BCUT2D eigenvalue weighted by atomic mass is 9.85. The van der Waals surface area contributed by atoms with Gasteiger partial charge in [0.15, 0.2) is 0 Å². The molecule has 2 N–H and O–H groups in total. The maximum absolute atomic E-state index is 11.9. The molecule has 0 spiro atoms. The van der Waals surface area contributed by atoms with Gasteiger partial charge >= 0.3 is 0 Å². The Balaban J connectivity index is 1.39. The summed E-state index contributed by atoms with van der Waals surface area (Å²) in [7, 11) is 0. The monoisotopic (exact) mass is 238 g/mol. The van der Waals surface area contributed by atoms with Crippen molar-refractivity contribution in [3.63, 3.8) is 0 Å². The highest BCUT2D eigenvalue weighted by Gasteiger charge is 2.51. The van der Waals surface area contributed by atoms with E-state index in [1.165, 1.54) is 12.8 Å². The molecule has 17 heavy (non-hydrogen) atoms. The van der Waals surface area contributed by atoms with Gasteiger partial charge in [0.25, 0.3) is 0 Å². The Morgan fingerprint density at radius 3 is 2.71 bits per heavy atom. The first-order valence-electron chi connectivity index (χ1n) is 6.86. The number of nitrogens with two attached hydrogens (primary N) is 1. The molecule has 3 fully saturated rings. The minimum atomic E-state index is -0.0421. The van der Waals surface area contributed by atoms with Crippen molar-refractivity contribution in [3.8, 4) is 0 Å². The van der Waals surface area contributed by atoms with E-state index in [1.54, 1.807) is 0 Å². The third-order valence-corrected chi connectivity index (χ3v) is 4.42. The number of hydrogen-bond donors (Lipinski definition) is 1. The van der Waals surface area contributed by atoms with Crippen LogP contribution in [-0.2, 0) is 9.53 Å². The third kappa shape index (κ3) is 2.33. The van der Waals surface area contributed by atoms with Crippen molar-refractivity contribution in [2.24, 2.45) is 11.7 Å². The Hall–Kier alpha value is -0.610. The van der Waals surface area contributed by atoms with Crippen molar-refractivity contribution >= 4 is 5.91 Å². The standard InChI is InChI=1S/C13H22N2O2/c14-13(10-3-4-10)8-15(9-13)12(16)6-5-11-2-1-7-17-11/h10-11H,1-9,14H2. The van der Waals surface area contributed by atoms with Crippen LogP contribution < -0.4 is 5.73 Å². The summed E-state index contributed by atoms with van der Waals surface area (Å²) in [6.45, 7) is 2.43. The van der Waals surface area contributed by atoms with E-state index >= 15 is 0 Å². The highest BCUT2D eigenvalue weighted by Crippen LogP contribution is 2.43. The highest BCUT2D eigenvalue weighted by atomic mass is 16.5. The summed E-state index contributed by atoms with van der Waals surface area (Å²) in [6.07, 6.45) is 6.63. The maximum Gasteiger partial charge on any atom is 0.222 e. The quantitative estimate of drug-likeness (QED) is 0.791. The number of nitrogens with zero attached hydrogens (tertiary/aromatic N) is 1. The lowest BCUT2D eigenvalue weighted by Gasteiger charge is -2.48. The molecule has 2 saturated heterocycles. The van der Waals surface area contributed by atoms with E-state index < -0.39 is 0 Å². The van der Waals surface area contributed by atoms with Crippen molar-refractivity contribution in [2.75, 3.05) is 19.7 Å². The zero-order valence-corrected chi connectivity index (χ0v) is 10.4. The van der Waals surface area contributed by atoms with Crippen molar-refractivity contribution < 1.29 is 9.53 Å². The van der Waals surface area contributed by atoms with Gasteiger partial charge in [-0.3, -0.25) is 4.79 Å². The molecular formula is C13H22N2O2. The fourth-order valence-corrected chi connectivity index (χ4v) is 3.07. The van der Waals surface area contributed by atoms with Gasteiger partial charge < -0.3 is 15.4 Å². The second kappa shape index (κ2) is 4.25. The fraction of sp³-hybridized carbons (Fsp3) is 0.923. The Kier molecular flexibility index (Phi) is 2.87. The second-order valence-corrected chi connectivity index (χ2v) is 5.93. The molecule has 2 heterocycles. The first kappa shape index (κ1) is 11.5. The normalized spacial score (nSPS) is 31.4. The van der Waals surface area contributed by atoms with Gasteiger partial charge in [0.2, 0.25) is 5.91 Å². The second-order valence-electron chi connectivity index (χ2n) is 5.93. The molecule has 0 aromatic rings. The zero-order valence-electron chi connectivity index (χ0n) is 10.4. The molecule has 1 atom stereocenters. The minimum Gasteiger partial charge on any atom is -0.378 e. The average Bonchev–Trinajstić information content (AvgIpc) is 3.00. The van der Waals surface area contributed by atoms with Crippen LogP contribution in [0.3, 0.4) is 0 Å². The molecule has 1 unspecified atom stereocenters. The van der Waals surface area contributed by atoms with Crippen molar-refractivity contribution in [1.29, 1.82) is 0 Å². The lowest BCUT2D eigenvalue weighted by molar-refractivity contribution is -0.140. The largest absolute Gasteiger partial charge is 0.378 e. The van der Waals surface area contributed by atoms with E-state index in [-0.39, 0.29) is 11.4 Å². The van der Waals surface area contributed by atoms with Crippen LogP contribution in [0.4, 0.5) is 0 Å². The molecule has 2 aliphatic heterocycles. The van der Waals surface area contributed by atoms with E-state index in [9.17, 15) is 4.79 Å². The van der Waals surface area contributed by atoms with Crippen molar-refractivity contribution in [2.45, 2.75) is 50.2 Å². The SMILES string of the molecule is NC1(C2CC2)CN(C(=O)CCC2CCCO2)C1. The third-order valence-electron chi connectivity index (χ3n) is 4.42. The Bertz CT molecular complexity index is 303. The molecule has 1 amide bonds. The van der Waals surface area contributed by atoms with Crippen LogP contribution in [0, 0.1) is 5.92 Å². The van der Waals surface area contributed by atoms with Gasteiger partial charge in [-0.1, -0.05) is 0 Å². The number of ether oxygens (including phenoxy) is 1. The van der Waals surface area contributed by atoms with Gasteiger partial charge in [-0.25, -0.2) is 0 Å². The summed E-state index contributed by atoms with van der Waals surface area (Å²) in [5.41, 5.74) is 6.19. The van der Waals surface area contributed by atoms with Gasteiger partial charge in [-0.05, 0) is 38.0 Å². The van der Waals surface area contributed by atoms with Gasteiger partial charge in [0.1, 0.15) is 0 Å². The van der Waals surface area contributed by atoms with E-state index in [0.717, 1.165) is 39.0 Å². The zero-order chi connectivity index (χ0) is 11.9. The van der Waals surface area contributed by atoms with Crippen molar-refractivity contribution in [3.05, 3.63) is 0 Å². The topological polar surface area (TPSA) is 55.6 Å². The molecule has 0 aromatic heterocycles. The molecule has 1 aliphatic carbocycles. The number of likely N-dealkylation sites (tertiary alicyclic amines) is 1. The van der Waals surface area contributed by atoms with Gasteiger partial charge in [-0.2, -0.15) is 0 Å². The van der Waals surface area contributed by atoms with Gasteiger partial charge in [0.05, 0.1) is 11.6 Å². The molecular weight excluding hydrogens is 216 g/mol. The number of hydrogen-bond acceptors (Lipinski definition) is 3. The molecule has 3 aliphatic rings. The van der Waals surface area contributed by atoms with E-state index in [0.29, 0.717) is 18.4 Å². The summed E-state index contributed by atoms with van der Waals surface area (Å²) >= 11 is 0. The number of rotatable bonds is 4. The van der Waals surface area contributed by atoms with E-state index in [4.69, 9.17) is 10.5 Å². The van der Waals surface area contributed by atoms with E-state index in [2.05, 4.69) is 0 Å². The van der Waals surface area contributed by atoms with Crippen LogP contribution in [0.25, 0.3) is 0 Å². The summed E-state index contributed by atoms with van der Waals surface area (Å²) in [5, 5.41) is 0. The summed E-state index contributed by atoms with van der Waals surface area (Å²) < 4.78 is 5.53. The van der Waals surface area contributed by atoms with Crippen LogP contribution in [-0.4, -0.2) is 42.1 Å². The molecule has 96 valence electrons. The predicted molar refractivity (Wildman–Crippen MR) is 64.4 cm³/mol. The Morgan fingerprint density at radius 2 is 2.12 bits per heavy atom. The first-order chi connectivity index (χ1) is 8.17. The van der Waals surface area contributed by atoms with Crippen LogP contribution in [0.1, 0.15) is 38.5 Å². The lowest BCUT2D eigenvalue weighted by Crippen LogP contribution is -2.69. The molecule has 0 radical (unpaired) electrons. The Morgan fingerprint density at radius 1 is 1.35 bits per heavy atom. The predicted octanol–water partition coefficient (Wildman–Crippen LogP) is 0.895. The molecule has 4 nitrogen and oxygen atoms in total. The maximum atomic E-state index is 11.9. The van der Waals surface area contributed by atoms with Gasteiger partial charge in [-0.15, -0.1) is 0 Å². The first-order valence-corrected chi connectivity index (χ1v) is 6.86. The van der Waals surface area contributed by atoms with E-state index in [1.807, 2.05) is 4.90 Å². The van der Waals surface area contributed by atoms with Crippen LogP contribution in [0.5, 0.6) is 0 Å². The van der Waals surface area contributed by atoms with Gasteiger partial charge in [0, 0.05) is 26.1 Å². The van der Waals surface area contributed by atoms with Crippen molar-refractivity contribution in [1.82, 2.24) is 4.90 Å². The smallest absolute Gasteiger partial charge is 0.222 e. The number of amides is 1.